The van der Waals surface area contributed by atoms with E-state index in [1.165, 1.54) is 13.2 Å². The van der Waals surface area contributed by atoms with Crippen LogP contribution in [0.2, 0.25) is 0 Å². The normalized spacial score (nSPS) is 27.7. The molecule has 2 bridgehead atoms. The van der Waals surface area contributed by atoms with Crippen molar-refractivity contribution >= 4 is 23.5 Å². The fourth-order valence-electron chi connectivity index (χ4n) is 2.98. The average molecular weight is 317 g/mol. The van der Waals surface area contributed by atoms with Gasteiger partial charge >= 0.3 is 11.9 Å². The van der Waals surface area contributed by atoms with E-state index in [2.05, 4.69) is 10.1 Å². The quantitative estimate of drug-likeness (QED) is 0.636. The van der Waals surface area contributed by atoms with Crippen molar-refractivity contribution in [2.45, 2.75) is 12.2 Å². The summed E-state index contributed by atoms with van der Waals surface area (Å²) in [6.45, 7) is 0. The molecule has 0 aliphatic carbocycles. The van der Waals surface area contributed by atoms with E-state index in [0.717, 1.165) is 0 Å². The Labute approximate surface area is 131 Å². The number of carboxylic acids is 1. The Morgan fingerprint density at radius 3 is 2.52 bits per heavy atom. The number of carbonyl (C=O) groups excluding carboxylic acids is 2. The molecule has 1 saturated heterocycles. The second-order valence-corrected chi connectivity index (χ2v) is 5.40. The molecule has 1 aromatic carbocycles. The molecule has 1 fully saturated rings. The van der Waals surface area contributed by atoms with Crippen molar-refractivity contribution < 1.29 is 29.0 Å². The van der Waals surface area contributed by atoms with Gasteiger partial charge in [-0.3, -0.25) is 9.59 Å². The monoisotopic (exact) mass is 317 g/mol. The summed E-state index contributed by atoms with van der Waals surface area (Å²) in [5.41, 5.74) is 0.693. The molecule has 3 rings (SSSR count). The number of benzene rings is 1. The number of ether oxygens (including phenoxy) is 2. The van der Waals surface area contributed by atoms with Crippen LogP contribution in [0, 0.1) is 11.8 Å². The standard InChI is InChI=1S/C16H15NO6/c1-22-16(21)8-3-2-4-9(7-8)17-14(18)12-10-5-6-11(23-10)13(12)15(19)20/h2-7,10-13H,1H3,(H,17,18)(H,19,20)/t10-,11-,12-,13+/m1/s1. The van der Waals surface area contributed by atoms with E-state index in [1.54, 1.807) is 30.4 Å². The molecule has 2 aliphatic heterocycles. The maximum absolute atomic E-state index is 12.5. The summed E-state index contributed by atoms with van der Waals surface area (Å²) in [4.78, 5) is 35.4. The molecule has 7 nitrogen and oxygen atoms in total. The summed E-state index contributed by atoms with van der Waals surface area (Å²) in [6.07, 6.45) is 2.27. The topological polar surface area (TPSA) is 102 Å². The van der Waals surface area contributed by atoms with Crippen molar-refractivity contribution in [2.75, 3.05) is 12.4 Å². The number of aliphatic carboxylic acids is 1. The number of methoxy groups -OCH3 is 1. The highest BCUT2D eigenvalue weighted by molar-refractivity contribution is 5.98. The third-order valence-corrected chi connectivity index (χ3v) is 4.04. The maximum atomic E-state index is 12.5. The minimum absolute atomic E-state index is 0.296. The average Bonchev–Trinajstić information content (AvgIpc) is 3.15. The molecule has 2 N–H and O–H groups in total. The highest BCUT2D eigenvalue weighted by atomic mass is 16.5. The van der Waals surface area contributed by atoms with Gasteiger partial charge in [-0.25, -0.2) is 4.79 Å². The Morgan fingerprint density at radius 2 is 1.87 bits per heavy atom. The summed E-state index contributed by atoms with van der Waals surface area (Å²) in [7, 11) is 1.27. The van der Waals surface area contributed by atoms with Gasteiger partial charge in [-0.2, -0.15) is 0 Å². The molecule has 7 heteroatoms. The van der Waals surface area contributed by atoms with Gasteiger partial charge in [-0.05, 0) is 18.2 Å². The van der Waals surface area contributed by atoms with Crippen molar-refractivity contribution in [3.63, 3.8) is 0 Å². The Balaban J connectivity index is 1.78. The van der Waals surface area contributed by atoms with Crippen LogP contribution in [0.15, 0.2) is 36.4 Å². The van der Waals surface area contributed by atoms with Crippen LogP contribution < -0.4 is 5.32 Å². The number of anilines is 1. The van der Waals surface area contributed by atoms with Crippen LogP contribution in [-0.2, 0) is 19.1 Å². The van der Waals surface area contributed by atoms with Gasteiger partial charge in [0.25, 0.3) is 0 Å². The van der Waals surface area contributed by atoms with Gasteiger partial charge < -0.3 is 19.9 Å². The summed E-state index contributed by atoms with van der Waals surface area (Å²) in [6, 6.07) is 6.26. The van der Waals surface area contributed by atoms with Crippen molar-refractivity contribution in [2.24, 2.45) is 11.8 Å². The lowest BCUT2D eigenvalue weighted by Gasteiger charge is -2.21. The van der Waals surface area contributed by atoms with Crippen molar-refractivity contribution in [1.82, 2.24) is 0 Å². The van der Waals surface area contributed by atoms with Crippen LogP contribution >= 0.6 is 0 Å². The zero-order valence-corrected chi connectivity index (χ0v) is 12.3. The summed E-state index contributed by atoms with van der Waals surface area (Å²) >= 11 is 0. The zero-order chi connectivity index (χ0) is 16.6. The molecule has 0 spiro atoms. The number of fused-ring (bicyclic) bond motifs is 2. The van der Waals surface area contributed by atoms with Gasteiger partial charge in [0, 0.05) is 5.69 Å². The van der Waals surface area contributed by atoms with E-state index in [9.17, 15) is 19.5 Å². The van der Waals surface area contributed by atoms with Gasteiger partial charge in [0.1, 0.15) is 5.92 Å². The van der Waals surface area contributed by atoms with Crippen LogP contribution in [-0.4, -0.2) is 42.3 Å². The molecule has 0 saturated carbocycles. The number of hydrogen-bond acceptors (Lipinski definition) is 5. The SMILES string of the molecule is COC(=O)c1cccc(NC(=O)[C@H]2[C@@H](C(=O)O)[C@H]3C=C[C@H]2O3)c1. The lowest BCUT2D eigenvalue weighted by Crippen LogP contribution is -2.39. The van der Waals surface area contributed by atoms with E-state index in [0.29, 0.717) is 11.3 Å². The summed E-state index contributed by atoms with van der Waals surface area (Å²) in [5.74, 6) is -3.74. The molecular weight excluding hydrogens is 302 g/mol. The first-order valence-electron chi connectivity index (χ1n) is 7.07. The smallest absolute Gasteiger partial charge is 0.337 e. The highest BCUT2D eigenvalue weighted by Crippen LogP contribution is 2.39. The number of nitrogens with one attached hydrogen (secondary N) is 1. The number of hydrogen-bond donors (Lipinski definition) is 2. The molecule has 23 heavy (non-hydrogen) atoms. The van der Waals surface area contributed by atoms with E-state index < -0.39 is 41.9 Å². The molecule has 1 amide bonds. The first-order chi connectivity index (χ1) is 11.0. The number of rotatable bonds is 4. The van der Waals surface area contributed by atoms with Crippen LogP contribution in [0.3, 0.4) is 0 Å². The fourth-order valence-corrected chi connectivity index (χ4v) is 2.98. The minimum Gasteiger partial charge on any atom is -0.481 e. The van der Waals surface area contributed by atoms with Gasteiger partial charge in [0.15, 0.2) is 0 Å². The Hall–Kier alpha value is -2.67. The largest absolute Gasteiger partial charge is 0.481 e. The lowest BCUT2D eigenvalue weighted by atomic mass is 9.82. The molecular formula is C16H15NO6. The number of carboxylic acid groups (broad SMARTS) is 1. The number of amides is 1. The van der Waals surface area contributed by atoms with Gasteiger partial charge in [-0.1, -0.05) is 18.2 Å². The molecule has 0 unspecified atom stereocenters. The van der Waals surface area contributed by atoms with Crippen LogP contribution in [0.4, 0.5) is 5.69 Å². The minimum atomic E-state index is -1.06. The first-order valence-corrected chi connectivity index (χ1v) is 7.07. The van der Waals surface area contributed by atoms with E-state index in [-0.39, 0.29) is 0 Å². The predicted molar refractivity (Wildman–Crippen MR) is 78.8 cm³/mol. The third-order valence-electron chi connectivity index (χ3n) is 4.04. The van der Waals surface area contributed by atoms with Crippen LogP contribution in [0.1, 0.15) is 10.4 Å². The van der Waals surface area contributed by atoms with Crippen molar-refractivity contribution in [3.05, 3.63) is 42.0 Å². The van der Waals surface area contributed by atoms with Crippen molar-refractivity contribution in [1.29, 1.82) is 0 Å². The maximum Gasteiger partial charge on any atom is 0.337 e. The molecule has 2 aliphatic rings. The highest BCUT2D eigenvalue weighted by Gasteiger charge is 2.53. The first kappa shape index (κ1) is 15.2. The molecule has 2 heterocycles. The third kappa shape index (κ3) is 2.70. The van der Waals surface area contributed by atoms with Gasteiger partial charge in [-0.15, -0.1) is 0 Å². The number of esters is 1. The summed E-state index contributed by atoms with van der Waals surface area (Å²) in [5, 5.41) is 12.0. The van der Waals surface area contributed by atoms with Gasteiger partial charge in [0.05, 0.1) is 30.8 Å². The Kier molecular flexibility index (Phi) is 3.87. The lowest BCUT2D eigenvalue weighted by molar-refractivity contribution is -0.145. The van der Waals surface area contributed by atoms with Gasteiger partial charge in [0.2, 0.25) is 5.91 Å². The van der Waals surface area contributed by atoms with E-state index in [4.69, 9.17) is 4.74 Å². The molecule has 4 atom stereocenters. The second-order valence-electron chi connectivity index (χ2n) is 5.40. The second kappa shape index (κ2) is 5.85. The Morgan fingerprint density at radius 1 is 1.17 bits per heavy atom. The zero-order valence-electron chi connectivity index (χ0n) is 12.3. The van der Waals surface area contributed by atoms with Crippen molar-refractivity contribution in [3.8, 4) is 0 Å². The van der Waals surface area contributed by atoms with Crippen LogP contribution in [0.25, 0.3) is 0 Å². The molecule has 0 aromatic heterocycles. The molecule has 120 valence electrons. The van der Waals surface area contributed by atoms with E-state index >= 15 is 0 Å². The molecule has 0 radical (unpaired) electrons. The Bertz CT molecular complexity index is 698. The summed E-state index contributed by atoms with van der Waals surface area (Å²) < 4.78 is 10.1. The fraction of sp³-hybridized carbons (Fsp3) is 0.312. The van der Waals surface area contributed by atoms with Crippen LogP contribution in [0.5, 0.6) is 0 Å². The van der Waals surface area contributed by atoms with E-state index in [1.807, 2.05) is 0 Å². The molecule has 1 aromatic rings. The number of carbonyl (C=O) groups is 3. The predicted octanol–water partition coefficient (Wildman–Crippen LogP) is 1.07.